The van der Waals surface area contributed by atoms with E-state index in [0.29, 0.717) is 6.04 Å². The van der Waals surface area contributed by atoms with E-state index in [4.69, 9.17) is 4.74 Å². The van der Waals surface area contributed by atoms with Crippen LogP contribution >= 0.6 is 0 Å². The Hall–Kier alpha value is -1.97. The van der Waals surface area contributed by atoms with Gasteiger partial charge in [-0.2, -0.15) is 0 Å². The van der Waals surface area contributed by atoms with Gasteiger partial charge in [0.25, 0.3) is 0 Å². The molecule has 0 unspecified atom stereocenters. The van der Waals surface area contributed by atoms with Crippen molar-refractivity contribution in [3.8, 4) is 5.75 Å². The van der Waals surface area contributed by atoms with Crippen molar-refractivity contribution >= 4 is 5.69 Å². The summed E-state index contributed by atoms with van der Waals surface area (Å²) in [5.41, 5.74) is 3.63. The monoisotopic (exact) mass is 257 g/mol. The minimum Gasteiger partial charge on any atom is -0.493 e. The number of rotatable bonds is 4. The molecule has 0 spiro atoms. The van der Waals surface area contributed by atoms with Crippen molar-refractivity contribution in [3.63, 3.8) is 0 Å². The van der Waals surface area contributed by atoms with Crippen LogP contribution in [-0.2, 0) is 13.0 Å². The number of nitrogens with zero attached hydrogens (tertiary/aromatic N) is 2. The maximum Gasteiger partial charge on any atom is 0.122 e. The highest BCUT2D eigenvalue weighted by molar-refractivity contribution is 5.52. The highest BCUT2D eigenvalue weighted by atomic mass is 16.5. The van der Waals surface area contributed by atoms with Crippen LogP contribution in [0, 0.1) is 0 Å². The Morgan fingerprint density at radius 1 is 1.42 bits per heavy atom. The summed E-state index contributed by atoms with van der Waals surface area (Å²) in [6.45, 7) is 5.92. The molecule has 2 aromatic rings. The van der Waals surface area contributed by atoms with Gasteiger partial charge in [-0.1, -0.05) is 0 Å². The topological polar surface area (TPSA) is 39.1 Å². The number of imidazole rings is 1. The van der Waals surface area contributed by atoms with Gasteiger partial charge >= 0.3 is 0 Å². The Morgan fingerprint density at radius 2 is 2.32 bits per heavy atom. The molecule has 1 N–H and O–H groups in total. The van der Waals surface area contributed by atoms with E-state index in [-0.39, 0.29) is 0 Å². The van der Waals surface area contributed by atoms with E-state index in [0.717, 1.165) is 31.0 Å². The molecule has 100 valence electrons. The predicted molar refractivity (Wildman–Crippen MR) is 75.6 cm³/mol. The zero-order chi connectivity index (χ0) is 13.2. The highest BCUT2D eigenvalue weighted by Crippen LogP contribution is 2.28. The van der Waals surface area contributed by atoms with Crippen LogP contribution in [0.3, 0.4) is 0 Å². The number of hydrogen-bond acceptors (Lipinski definition) is 3. The number of hydrogen-bond donors (Lipinski definition) is 1. The van der Waals surface area contributed by atoms with Gasteiger partial charge < -0.3 is 14.6 Å². The lowest BCUT2D eigenvalue weighted by molar-refractivity contribution is 0.357. The van der Waals surface area contributed by atoms with E-state index >= 15 is 0 Å². The minimum atomic E-state index is 0.438. The molecule has 3 rings (SSSR count). The van der Waals surface area contributed by atoms with E-state index in [1.165, 1.54) is 11.3 Å². The molecule has 1 aromatic heterocycles. The van der Waals surface area contributed by atoms with Gasteiger partial charge in [0.05, 0.1) is 25.2 Å². The Kier molecular flexibility index (Phi) is 3.15. The molecule has 4 nitrogen and oxygen atoms in total. The van der Waals surface area contributed by atoms with Gasteiger partial charge in [0.2, 0.25) is 0 Å². The summed E-state index contributed by atoms with van der Waals surface area (Å²) >= 11 is 0. The molecular weight excluding hydrogens is 238 g/mol. The summed E-state index contributed by atoms with van der Waals surface area (Å²) in [7, 11) is 0. The summed E-state index contributed by atoms with van der Waals surface area (Å²) in [6, 6.07) is 6.73. The Labute approximate surface area is 113 Å². The third-order valence-corrected chi connectivity index (χ3v) is 3.47. The Balaban J connectivity index is 1.70. The number of nitrogens with one attached hydrogen (secondary N) is 1. The lowest BCUT2D eigenvalue weighted by Gasteiger charge is -2.13. The molecule has 2 heterocycles. The van der Waals surface area contributed by atoms with Crippen molar-refractivity contribution in [2.45, 2.75) is 32.9 Å². The Bertz CT molecular complexity index is 575. The summed E-state index contributed by atoms with van der Waals surface area (Å²) in [5.74, 6) is 1.03. The van der Waals surface area contributed by atoms with Crippen LogP contribution in [0.1, 0.15) is 31.1 Å². The third-order valence-electron chi connectivity index (χ3n) is 3.47. The first kappa shape index (κ1) is 12.1. The van der Waals surface area contributed by atoms with E-state index in [1.807, 2.05) is 18.6 Å². The molecule has 4 heteroatoms. The van der Waals surface area contributed by atoms with Crippen molar-refractivity contribution in [1.29, 1.82) is 0 Å². The van der Waals surface area contributed by atoms with E-state index < -0.39 is 0 Å². The molecule has 0 amide bonds. The SMILES string of the molecule is CC(C)n1cncc1CNc1ccc2c(c1)CCO2. The zero-order valence-corrected chi connectivity index (χ0v) is 11.4. The van der Waals surface area contributed by atoms with Crippen LogP contribution in [0.5, 0.6) is 5.75 Å². The quantitative estimate of drug-likeness (QED) is 0.915. The summed E-state index contributed by atoms with van der Waals surface area (Å²) in [6.07, 6.45) is 4.82. The fourth-order valence-electron chi connectivity index (χ4n) is 2.42. The first-order valence-corrected chi connectivity index (χ1v) is 6.74. The minimum absolute atomic E-state index is 0.438. The lowest BCUT2D eigenvalue weighted by Crippen LogP contribution is -2.08. The molecule has 0 saturated heterocycles. The predicted octanol–water partition coefficient (Wildman–Crippen LogP) is 3.01. The van der Waals surface area contributed by atoms with Gasteiger partial charge in [-0.25, -0.2) is 4.98 Å². The Morgan fingerprint density at radius 3 is 3.16 bits per heavy atom. The molecule has 0 radical (unpaired) electrons. The largest absolute Gasteiger partial charge is 0.493 e. The van der Waals surface area contributed by atoms with E-state index in [9.17, 15) is 0 Å². The second kappa shape index (κ2) is 4.96. The van der Waals surface area contributed by atoms with Gasteiger partial charge in [0, 0.05) is 24.3 Å². The first-order chi connectivity index (χ1) is 9.24. The molecular formula is C15H19N3O. The van der Waals surface area contributed by atoms with Crippen LogP contribution in [0.2, 0.25) is 0 Å². The summed E-state index contributed by atoms with van der Waals surface area (Å²) < 4.78 is 7.70. The van der Waals surface area contributed by atoms with E-state index in [1.54, 1.807) is 0 Å². The number of ether oxygens (including phenoxy) is 1. The van der Waals surface area contributed by atoms with Crippen LogP contribution in [0.15, 0.2) is 30.7 Å². The molecule has 0 aliphatic carbocycles. The second-order valence-electron chi connectivity index (χ2n) is 5.16. The molecule has 1 aliphatic heterocycles. The summed E-state index contributed by atoms with van der Waals surface area (Å²) in [5, 5.41) is 3.46. The maximum absolute atomic E-state index is 5.51. The molecule has 19 heavy (non-hydrogen) atoms. The zero-order valence-electron chi connectivity index (χ0n) is 11.4. The van der Waals surface area contributed by atoms with Gasteiger partial charge in [-0.15, -0.1) is 0 Å². The van der Waals surface area contributed by atoms with Gasteiger partial charge in [0.15, 0.2) is 0 Å². The van der Waals surface area contributed by atoms with Crippen LogP contribution in [0.25, 0.3) is 0 Å². The fourth-order valence-corrected chi connectivity index (χ4v) is 2.42. The van der Waals surface area contributed by atoms with Crippen LogP contribution in [0.4, 0.5) is 5.69 Å². The van der Waals surface area contributed by atoms with Gasteiger partial charge in [-0.3, -0.25) is 0 Å². The van der Waals surface area contributed by atoms with Crippen molar-refractivity contribution in [3.05, 3.63) is 42.0 Å². The second-order valence-corrected chi connectivity index (χ2v) is 5.16. The smallest absolute Gasteiger partial charge is 0.122 e. The molecule has 1 aromatic carbocycles. The van der Waals surface area contributed by atoms with Crippen LogP contribution < -0.4 is 10.1 Å². The first-order valence-electron chi connectivity index (χ1n) is 6.74. The number of fused-ring (bicyclic) bond motifs is 1. The maximum atomic E-state index is 5.51. The molecule has 0 atom stereocenters. The number of anilines is 1. The van der Waals surface area contributed by atoms with Gasteiger partial charge in [0.1, 0.15) is 5.75 Å². The van der Waals surface area contributed by atoms with Crippen molar-refractivity contribution < 1.29 is 4.74 Å². The third kappa shape index (κ3) is 2.43. The standard InChI is InChI=1S/C15H19N3O/c1-11(2)18-10-16-8-14(18)9-17-13-3-4-15-12(7-13)5-6-19-15/h3-4,7-8,10-11,17H,5-6,9H2,1-2H3. The normalized spacial score (nSPS) is 13.4. The van der Waals surface area contributed by atoms with Crippen LogP contribution in [-0.4, -0.2) is 16.2 Å². The lowest BCUT2D eigenvalue weighted by atomic mass is 10.1. The molecule has 0 bridgehead atoms. The van der Waals surface area contributed by atoms with Crippen molar-refractivity contribution in [2.24, 2.45) is 0 Å². The van der Waals surface area contributed by atoms with Crippen molar-refractivity contribution in [1.82, 2.24) is 9.55 Å². The van der Waals surface area contributed by atoms with Crippen molar-refractivity contribution in [2.75, 3.05) is 11.9 Å². The number of aromatic nitrogens is 2. The fraction of sp³-hybridized carbons (Fsp3) is 0.400. The molecule has 0 fully saturated rings. The molecule has 1 aliphatic rings. The van der Waals surface area contributed by atoms with Gasteiger partial charge in [-0.05, 0) is 37.6 Å². The highest BCUT2D eigenvalue weighted by Gasteiger charge is 2.12. The summed E-state index contributed by atoms with van der Waals surface area (Å²) in [4.78, 5) is 4.22. The average Bonchev–Trinajstić information content (AvgIpc) is 3.04. The number of benzene rings is 1. The average molecular weight is 257 g/mol. The molecule has 0 saturated carbocycles. The van der Waals surface area contributed by atoms with E-state index in [2.05, 4.69) is 40.8 Å².